The fraction of sp³-hybridized carbons (Fsp3) is 0.350. The normalized spacial score (nSPS) is 11.7. The van der Waals surface area contributed by atoms with Gasteiger partial charge in [-0.2, -0.15) is 0 Å². The average Bonchev–Trinajstić information content (AvgIpc) is 2.61. The van der Waals surface area contributed by atoms with Crippen LogP contribution in [0.3, 0.4) is 0 Å². The van der Waals surface area contributed by atoms with Crippen LogP contribution in [0.4, 0.5) is 0 Å². The van der Waals surface area contributed by atoms with Crippen LogP contribution in [0.1, 0.15) is 41.4 Å². The number of phenolic OH excluding ortho intramolecular Hbond substituents is 1. The molecule has 6 nitrogen and oxygen atoms in total. The third-order valence-corrected chi connectivity index (χ3v) is 4.38. The van der Waals surface area contributed by atoms with Crippen LogP contribution >= 0.6 is 24.0 Å². The molecule has 3 N–H and O–H groups in total. The highest BCUT2D eigenvalue weighted by Gasteiger charge is 2.20. The molecule has 0 aliphatic heterocycles. The lowest BCUT2D eigenvalue weighted by Crippen LogP contribution is -2.27. The first-order chi connectivity index (χ1) is 12.7. The van der Waals surface area contributed by atoms with E-state index in [1.807, 2.05) is 20.8 Å². The van der Waals surface area contributed by atoms with E-state index in [2.05, 4.69) is 5.32 Å². The van der Waals surface area contributed by atoms with Gasteiger partial charge in [-0.15, -0.1) is 12.4 Å². The van der Waals surface area contributed by atoms with Crippen LogP contribution in [-0.2, 0) is 0 Å². The highest BCUT2D eigenvalue weighted by atomic mass is 35.5. The minimum Gasteiger partial charge on any atom is -0.504 e. The van der Waals surface area contributed by atoms with E-state index in [4.69, 9.17) is 21.1 Å². The van der Waals surface area contributed by atoms with Crippen molar-refractivity contribution in [3.63, 3.8) is 0 Å². The molecule has 0 aliphatic rings. The van der Waals surface area contributed by atoms with Gasteiger partial charge in [-0.3, -0.25) is 0 Å². The Kier molecular flexibility index (Phi) is 9.04. The molecule has 2 aromatic rings. The van der Waals surface area contributed by atoms with Crippen molar-refractivity contribution in [1.29, 1.82) is 0 Å². The molecule has 1 unspecified atom stereocenters. The van der Waals surface area contributed by atoms with E-state index in [1.54, 1.807) is 12.1 Å². The zero-order valence-electron chi connectivity index (χ0n) is 16.2. The third-order valence-electron chi connectivity index (χ3n) is 4.01. The molecule has 0 fully saturated rings. The van der Waals surface area contributed by atoms with Gasteiger partial charge in [0.05, 0.1) is 23.8 Å². The van der Waals surface area contributed by atoms with Crippen LogP contribution in [0.2, 0.25) is 5.02 Å². The monoisotopic (exact) mass is 429 g/mol. The Morgan fingerprint density at radius 2 is 1.93 bits per heavy atom. The lowest BCUT2D eigenvalue weighted by molar-refractivity contribution is 0.0729. The van der Waals surface area contributed by atoms with Gasteiger partial charge in [-0.05, 0) is 36.2 Å². The number of rotatable bonds is 7. The molecular formula is C20H25Cl2NO5. The number of nitrogens with one attached hydrogen (secondary N) is 1. The molecule has 0 amide bonds. The maximum atomic E-state index is 12.4. The average molecular weight is 430 g/mol. The van der Waals surface area contributed by atoms with E-state index in [9.17, 15) is 15.0 Å². The lowest BCUT2D eigenvalue weighted by atomic mass is 10.1. The molecule has 0 aliphatic carbocycles. The molecule has 1 atom stereocenters. The highest BCUT2D eigenvalue weighted by Crippen LogP contribution is 2.34. The second kappa shape index (κ2) is 10.5. The molecule has 0 heterocycles. The molecule has 8 heteroatoms. The number of phenols is 1. The fourth-order valence-electron chi connectivity index (χ4n) is 2.51. The van der Waals surface area contributed by atoms with Crippen molar-refractivity contribution >= 4 is 30.0 Å². The van der Waals surface area contributed by atoms with E-state index in [1.165, 1.54) is 25.3 Å². The van der Waals surface area contributed by atoms with Gasteiger partial charge in [0, 0.05) is 12.6 Å². The molecular weight excluding hydrogens is 405 g/mol. The predicted molar refractivity (Wildman–Crippen MR) is 111 cm³/mol. The Balaban J connectivity index is 0.00000392. The number of methoxy groups -OCH3 is 1. The van der Waals surface area contributed by atoms with Crippen LogP contribution in [0, 0.1) is 6.92 Å². The van der Waals surface area contributed by atoms with E-state index in [-0.39, 0.29) is 40.5 Å². The van der Waals surface area contributed by atoms with Crippen LogP contribution in [-0.4, -0.2) is 35.9 Å². The number of benzene rings is 2. The van der Waals surface area contributed by atoms with Crippen LogP contribution in [0.25, 0.3) is 0 Å². The first-order valence-corrected chi connectivity index (χ1v) is 8.92. The smallest absolute Gasteiger partial charge is 0.345 e. The largest absolute Gasteiger partial charge is 0.504 e. The van der Waals surface area contributed by atoms with Gasteiger partial charge in [0.1, 0.15) is 5.75 Å². The standard InChI is InChI=1S/C20H24ClNO5.ClH/c1-11(2)22-10-16(24)13-6-8-17(15(23)9-13)27-20(25)14-7-5-12(3)19(26-4)18(14)21;/h5-9,11,16,22-24H,10H2,1-4H3;1H. The second-order valence-corrected chi connectivity index (χ2v) is 6.85. The van der Waals surface area contributed by atoms with Gasteiger partial charge in [0.2, 0.25) is 0 Å². The Morgan fingerprint density at radius 1 is 1.25 bits per heavy atom. The van der Waals surface area contributed by atoms with Crippen molar-refractivity contribution in [2.24, 2.45) is 0 Å². The summed E-state index contributed by atoms with van der Waals surface area (Å²) in [6, 6.07) is 7.85. The number of esters is 1. The van der Waals surface area contributed by atoms with Crippen molar-refractivity contribution in [3.8, 4) is 17.2 Å². The van der Waals surface area contributed by atoms with E-state index in [0.29, 0.717) is 17.9 Å². The number of ether oxygens (including phenoxy) is 2. The van der Waals surface area contributed by atoms with Gasteiger partial charge >= 0.3 is 5.97 Å². The Labute approximate surface area is 175 Å². The summed E-state index contributed by atoms with van der Waals surface area (Å²) in [5.41, 5.74) is 1.43. The number of aliphatic hydroxyl groups is 1. The number of aryl methyl sites for hydroxylation is 1. The van der Waals surface area contributed by atoms with E-state index >= 15 is 0 Å². The Bertz CT molecular complexity index is 826. The highest BCUT2D eigenvalue weighted by molar-refractivity contribution is 6.35. The minimum atomic E-state index is -0.793. The molecule has 154 valence electrons. The number of hydrogen-bond acceptors (Lipinski definition) is 6. The summed E-state index contributed by atoms with van der Waals surface area (Å²) >= 11 is 6.21. The van der Waals surface area contributed by atoms with Crippen molar-refractivity contribution < 1.29 is 24.5 Å². The zero-order valence-corrected chi connectivity index (χ0v) is 17.7. The van der Waals surface area contributed by atoms with Gasteiger partial charge in [0.25, 0.3) is 0 Å². The van der Waals surface area contributed by atoms with E-state index < -0.39 is 12.1 Å². The minimum absolute atomic E-state index is 0. The van der Waals surface area contributed by atoms with Crippen molar-refractivity contribution in [2.75, 3.05) is 13.7 Å². The molecule has 0 radical (unpaired) electrons. The second-order valence-electron chi connectivity index (χ2n) is 6.47. The first-order valence-electron chi connectivity index (χ1n) is 8.54. The van der Waals surface area contributed by atoms with Gasteiger partial charge in [-0.1, -0.05) is 37.6 Å². The third kappa shape index (κ3) is 5.75. The molecule has 2 aromatic carbocycles. The van der Waals surface area contributed by atoms with Gasteiger partial charge in [-0.25, -0.2) is 4.79 Å². The number of aliphatic hydroxyl groups excluding tert-OH is 1. The summed E-state index contributed by atoms with van der Waals surface area (Å²) in [5.74, 6) is -0.599. The Hall–Kier alpha value is -1.99. The van der Waals surface area contributed by atoms with Crippen LogP contribution in [0.15, 0.2) is 30.3 Å². The lowest BCUT2D eigenvalue weighted by Gasteiger charge is -2.16. The maximum absolute atomic E-state index is 12.4. The molecule has 0 spiro atoms. The van der Waals surface area contributed by atoms with Gasteiger partial charge < -0.3 is 25.0 Å². The number of halogens is 2. The number of hydrogen-bond donors (Lipinski definition) is 3. The Morgan fingerprint density at radius 3 is 2.50 bits per heavy atom. The summed E-state index contributed by atoms with van der Waals surface area (Å²) in [6.45, 7) is 6.09. The SMILES string of the molecule is COc1c(C)ccc(C(=O)Oc2ccc(C(O)CNC(C)C)cc2O)c1Cl.Cl. The van der Waals surface area contributed by atoms with Gasteiger partial charge in [0.15, 0.2) is 11.5 Å². The van der Waals surface area contributed by atoms with E-state index in [0.717, 1.165) is 5.56 Å². The molecule has 28 heavy (non-hydrogen) atoms. The molecule has 2 rings (SSSR count). The molecule has 0 saturated carbocycles. The first kappa shape index (κ1) is 24.0. The summed E-state index contributed by atoms with van der Waals surface area (Å²) < 4.78 is 10.5. The topological polar surface area (TPSA) is 88.0 Å². The summed E-state index contributed by atoms with van der Waals surface area (Å²) in [5, 5.41) is 23.6. The maximum Gasteiger partial charge on any atom is 0.345 e. The quantitative estimate of drug-likeness (QED) is 0.454. The summed E-state index contributed by atoms with van der Waals surface area (Å²) in [4.78, 5) is 12.4. The van der Waals surface area contributed by atoms with Crippen molar-refractivity contribution in [3.05, 3.63) is 52.0 Å². The van der Waals surface area contributed by atoms with Crippen LogP contribution < -0.4 is 14.8 Å². The number of carbonyl (C=O) groups is 1. The zero-order chi connectivity index (χ0) is 20.1. The fourth-order valence-corrected chi connectivity index (χ4v) is 2.88. The van der Waals surface area contributed by atoms with Crippen LogP contribution in [0.5, 0.6) is 17.2 Å². The summed E-state index contributed by atoms with van der Waals surface area (Å²) in [6.07, 6.45) is -0.793. The molecule has 0 saturated heterocycles. The predicted octanol–water partition coefficient (Wildman–Crippen LogP) is 4.04. The van der Waals surface area contributed by atoms with Crippen molar-refractivity contribution in [2.45, 2.75) is 32.9 Å². The molecule has 0 bridgehead atoms. The number of aromatic hydroxyl groups is 1. The molecule has 0 aromatic heterocycles. The number of carbonyl (C=O) groups excluding carboxylic acids is 1. The summed E-state index contributed by atoms with van der Waals surface area (Å²) in [7, 11) is 1.47. The van der Waals surface area contributed by atoms with Crippen molar-refractivity contribution in [1.82, 2.24) is 5.32 Å².